The first-order valence-corrected chi connectivity index (χ1v) is 7.72. The van der Waals surface area contributed by atoms with Gasteiger partial charge in [-0.1, -0.05) is 0 Å². The zero-order chi connectivity index (χ0) is 14.0. The van der Waals surface area contributed by atoms with E-state index in [0.717, 1.165) is 0 Å². The molecule has 1 fully saturated rings. The number of carbonyl (C=O) groups excluding carboxylic acids is 1. The Hall–Kier alpha value is -1.83. The first kappa shape index (κ1) is 13.6. The minimum absolute atomic E-state index is 0.0299. The smallest absolute Gasteiger partial charge is 0.252 e. The van der Waals surface area contributed by atoms with E-state index in [1.807, 2.05) is 0 Å². The molecular formula is C11H16N4O3S. The highest BCUT2D eigenvalue weighted by atomic mass is 32.2. The fourth-order valence-corrected chi connectivity index (χ4v) is 3.50. The second-order valence-corrected chi connectivity index (χ2v) is 6.90. The van der Waals surface area contributed by atoms with E-state index in [-0.39, 0.29) is 23.1 Å². The van der Waals surface area contributed by atoms with Crippen molar-refractivity contribution in [3.63, 3.8) is 0 Å². The van der Waals surface area contributed by atoms with E-state index in [4.69, 9.17) is 11.5 Å². The minimum Gasteiger partial charge on any atom is -0.397 e. The number of aromatic nitrogens is 1. The van der Waals surface area contributed by atoms with Crippen molar-refractivity contribution in [2.24, 2.45) is 5.73 Å². The predicted octanol–water partition coefficient (Wildman–Crippen LogP) is -0.248. The standard InChI is InChI=1S/C11H16N4O3S/c12-7-5-9(10(13)16)11(14-6-7)15-8-1-3-19(17,18)4-2-8/h5-6,8H,1-4,12H2,(H2,13,16)(H,14,15). The van der Waals surface area contributed by atoms with Crippen LogP contribution in [0.15, 0.2) is 12.3 Å². The maximum atomic E-state index is 11.3. The lowest BCUT2D eigenvalue weighted by atomic mass is 10.1. The molecule has 0 aliphatic carbocycles. The SMILES string of the molecule is NC(=O)c1cc(N)cnc1NC1CCS(=O)(=O)CC1. The fourth-order valence-electron chi connectivity index (χ4n) is 2.01. The Morgan fingerprint density at radius 2 is 2.00 bits per heavy atom. The molecule has 1 aromatic rings. The Labute approximate surface area is 111 Å². The van der Waals surface area contributed by atoms with Gasteiger partial charge in [0.25, 0.3) is 5.91 Å². The fraction of sp³-hybridized carbons (Fsp3) is 0.455. The summed E-state index contributed by atoms with van der Waals surface area (Å²) in [6.45, 7) is 0. The molecule has 1 aromatic heterocycles. The Balaban J connectivity index is 2.14. The summed E-state index contributed by atoms with van der Waals surface area (Å²) in [6, 6.07) is 1.43. The van der Waals surface area contributed by atoms with E-state index < -0.39 is 15.7 Å². The van der Waals surface area contributed by atoms with E-state index in [1.165, 1.54) is 12.3 Å². The summed E-state index contributed by atoms with van der Waals surface area (Å²) in [5.41, 5.74) is 11.4. The van der Waals surface area contributed by atoms with Crippen molar-refractivity contribution in [3.05, 3.63) is 17.8 Å². The molecule has 1 amide bonds. The van der Waals surface area contributed by atoms with Crippen LogP contribution >= 0.6 is 0 Å². The van der Waals surface area contributed by atoms with Crippen LogP contribution in [0.2, 0.25) is 0 Å². The molecule has 0 atom stereocenters. The summed E-state index contributed by atoms with van der Waals surface area (Å²) >= 11 is 0. The summed E-state index contributed by atoms with van der Waals surface area (Å²) in [6.07, 6.45) is 2.41. The van der Waals surface area contributed by atoms with Gasteiger partial charge >= 0.3 is 0 Å². The highest BCUT2D eigenvalue weighted by Gasteiger charge is 2.24. The molecule has 1 aliphatic rings. The molecule has 8 heteroatoms. The molecule has 0 unspecified atom stereocenters. The van der Waals surface area contributed by atoms with E-state index in [1.54, 1.807) is 0 Å². The zero-order valence-corrected chi connectivity index (χ0v) is 11.1. The van der Waals surface area contributed by atoms with Crippen LogP contribution in [0.3, 0.4) is 0 Å². The van der Waals surface area contributed by atoms with Gasteiger partial charge < -0.3 is 16.8 Å². The molecule has 0 aromatic carbocycles. The van der Waals surface area contributed by atoms with Crippen LogP contribution in [0.4, 0.5) is 11.5 Å². The number of amides is 1. The summed E-state index contributed by atoms with van der Waals surface area (Å²) in [4.78, 5) is 15.4. The third-order valence-corrected chi connectivity index (χ3v) is 4.79. The highest BCUT2D eigenvalue weighted by molar-refractivity contribution is 7.91. The number of nitrogen functional groups attached to an aromatic ring is 1. The van der Waals surface area contributed by atoms with Crippen molar-refractivity contribution in [3.8, 4) is 0 Å². The molecule has 0 spiro atoms. The van der Waals surface area contributed by atoms with Crippen LogP contribution in [0.1, 0.15) is 23.2 Å². The van der Waals surface area contributed by atoms with Gasteiger partial charge in [-0.15, -0.1) is 0 Å². The number of anilines is 2. The number of hydrogen-bond acceptors (Lipinski definition) is 6. The zero-order valence-electron chi connectivity index (χ0n) is 10.3. The number of nitrogens with zero attached hydrogens (tertiary/aromatic N) is 1. The van der Waals surface area contributed by atoms with Crippen molar-refractivity contribution < 1.29 is 13.2 Å². The summed E-state index contributed by atoms with van der Waals surface area (Å²) in [5.74, 6) is 0.0219. The first-order chi connectivity index (χ1) is 8.87. The number of primary amides is 1. The maximum Gasteiger partial charge on any atom is 0.252 e. The maximum absolute atomic E-state index is 11.3. The van der Waals surface area contributed by atoms with Crippen LogP contribution in [0, 0.1) is 0 Å². The molecule has 0 saturated carbocycles. The Morgan fingerprint density at radius 1 is 1.37 bits per heavy atom. The predicted molar refractivity (Wildman–Crippen MR) is 72.5 cm³/mol. The molecule has 2 heterocycles. The highest BCUT2D eigenvalue weighted by Crippen LogP contribution is 2.20. The number of pyridine rings is 1. The van der Waals surface area contributed by atoms with Gasteiger partial charge in [-0.3, -0.25) is 4.79 Å². The molecule has 104 valence electrons. The molecule has 7 nitrogen and oxygen atoms in total. The van der Waals surface area contributed by atoms with E-state index >= 15 is 0 Å². The van der Waals surface area contributed by atoms with Crippen LogP contribution in [0.25, 0.3) is 0 Å². The van der Waals surface area contributed by atoms with Gasteiger partial charge in [-0.2, -0.15) is 0 Å². The van der Waals surface area contributed by atoms with Gasteiger partial charge in [0.05, 0.1) is 29.0 Å². The molecular weight excluding hydrogens is 268 g/mol. The van der Waals surface area contributed by atoms with Crippen LogP contribution in [0.5, 0.6) is 0 Å². The second kappa shape index (κ2) is 5.04. The summed E-state index contributed by atoms with van der Waals surface area (Å²) in [5, 5.41) is 3.06. The molecule has 1 aliphatic heterocycles. The lowest BCUT2D eigenvalue weighted by Gasteiger charge is -2.24. The van der Waals surface area contributed by atoms with E-state index in [0.29, 0.717) is 24.3 Å². The van der Waals surface area contributed by atoms with Gasteiger partial charge in [0.1, 0.15) is 15.7 Å². The van der Waals surface area contributed by atoms with Gasteiger partial charge in [0.2, 0.25) is 0 Å². The first-order valence-electron chi connectivity index (χ1n) is 5.90. The van der Waals surface area contributed by atoms with Crippen molar-refractivity contribution in [2.75, 3.05) is 22.6 Å². The third kappa shape index (κ3) is 3.34. The largest absolute Gasteiger partial charge is 0.397 e. The normalized spacial score (nSPS) is 18.9. The lowest BCUT2D eigenvalue weighted by molar-refractivity contribution is 0.100. The monoisotopic (exact) mass is 284 g/mol. The van der Waals surface area contributed by atoms with Crippen LogP contribution in [-0.2, 0) is 9.84 Å². The Morgan fingerprint density at radius 3 is 2.58 bits per heavy atom. The van der Waals surface area contributed by atoms with Crippen LogP contribution < -0.4 is 16.8 Å². The number of rotatable bonds is 3. The van der Waals surface area contributed by atoms with Gasteiger partial charge in [-0.25, -0.2) is 13.4 Å². The quantitative estimate of drug-likeness (QED) is 0.702. The van der Waals surface area contributed by atoms with Crippen LogP contribution in [-0.4, -0.2) is 36.9 Å². The van der Waals surface area contributed by atoms with Crippen molar-refractivity contribution in [2.45, 2.75) is 18.9 Å². The van der Waals surface area contributed by atoms with Crippen molar-refractivity contribution >= 4 is 27.2 Å². The minimum atomic E-state index is -2.91. The number of nitrogens with two attached hydrogens (primary N) is 2. The van der Waals surface area contributed by atoms with Gasteiger partial charge in [-0.05, 0) is 18.9 Å². The molecule has 19 heavy (non-hydrogen) atoms. The number of carbonyl (C=O) groups is 1. The third-order valence-electron chi connectivity index (χ3n) is 3.07. The second-order valence-electron chi connectivity index (χ2n) is 4.60. The number of hydrogen-bond donors (Lipinski definition) is 3. The molecule has 5 N–H and O–H groups in total. The topological polar surface area (TPSA) is 128 Å². The average molecular weight is 284 g/mol. The van der Waals surface area contributed by atoms with Crippen molar-refractivity contribution in [1.82, 2.24) is 4.98 Å². The number of nitrogens with one attached hydrogen (secondary N) is 1. The van der Waals surface area contributed by atoms with E-state index in [9.17, 15) is 13.2 Å². The molecule has 1 saturated heterocycles. The Kier molecular flexibility index (Phi) is 3.61. The number of sulfone groups is 1. The molecule has 0 radical (unpaired) electrons. The molecule has 0 bridgehead atoms. The summed E-state index contributed by atoms with van der Waals surface area (Å²) in [7, 11) is -2.91. The molecule has 2 rings (SSSR count). The van der Waals surface area contributed by atoms with Gasteiger partial charge in [0.15, 0.2) is 0 Å². The van der Waals surface area contributed by atoms with Gasteiger partial charge in [0, 0.05) is 6.04 Å². The Bertz CT molecular complexity index is 586. The average Bonchev–Trinajstić information content (AvgIpc) is 2.33. The lowest BCUT2D eigenvalue weighted by Crippen LogP contribution is -2.33. The van der Waals surface area contributed by atoms with Crippen molar-refractivity contribution in [1.29, 1.82) is 0 Å². The summed E-state index contributed by atoms with van der Waals surface area (Å²) < 4.78 is 22.7. The van der Waals surface area contributed by atoms with E-state index in [2.05, 4.69) is 10.3 Å².